The van der Waals surface area contributed by atoms with E-state index in [2.05, 4.69) is 17.2 Å². The minimum Gasteiger partial charge on any atom is -0.387 e. The highest BCUT2D eigenvalue weighted by Crippen LogP contribution is 2.64. The second-order valence-electron chi connectivity index (χ2n) is 12.4. The number of carbonyl (C=O) groups is 1. The maximum Gasteiger partial charge on any atom is 0.157 e. The third kappa shape index (κ3) is 3.85. The Hall–Kier alpha value is -1.86. The number of methoxy groups -OCH3 is 1. The topological polar surface area (TPSA) is 77.2 Å². The second-order valence-corrected chi connectivity index (χ2v) is 12.4. The normalized spacial score (nSPS) is 40.8. The third-order valence-electron chi connectivity index (χ3n) is 10.7. The number of Topliss-reactive ketones (excluding diaryl/α,β-unsaturated/α-hetero) is 1. The van der Waals surface area contributed by atoms with Crippen molar-refractivity contribution in [2.75, 3.05) is 13.7 Å². The summed E-state index contributed by atoms with van der Waals surface area (Å²) in [5.74, 6) is 3.35. The molecular formula is C28H38FN3O3. The smallest absolute Gasteiger partial charge is 0.157 e. The van der Waals surface area contributed by atoms with Crippen LogP contribution < -0.4 is 0 Å². The number of nitrogens with zero attached hydrogens (tertiary/aromatic N) is 3. The van der Waals surface area contributed by atoms with Crippen LogP contribution in [-0.2, 0) is 16.1 Å². The van der Waals surface area contributed by atoms with Crippen molar-refractivity contribution < 1.29 is 19.0 Å². The van der Waals surface area contributed by atoms with E-state index in [-0.39, 0.29) is 29.5 Å². The Morgan fingerprint density at radius 3 is 2.80 bits per heavy atom. The summed E-state index contributed by atoms with van der Waals surface area (Å²) in [5, 5.41) is 19.2. The van der Waals surface area contributed by atoms with Crippen molar-refractivity contribution in [3.8, 4) is 0 Å². The number of ketones is 1. The number of hydrogen-bond donors (Lipinski definition) is 1. The molecule has 0 spiro atoms. The Labute approximate surface area is 206 Å². The predicted molar refractivity (Wildman–Crippen MR) is 130 cm³/mol. The molecule has 8 atom stereocenters. The number of ether oxygens (including phenoxy) is 1. The van der Waals surface area contributed by atoms with Gasteiger partial charge in [0.05, 0.1) is 17.7 Å². The van der Waals surface area contributed by atoms with Crippen molar-refractivity contribution in [1.29, 1.82) is 0 Å². The molecule has 0 amide bonds. The van der Waals surface area contributed by atoms with Gasteiger partial charge in [-0.1, -0.05) is 12.1 Å². The van der Waals surface area contributed by atoms with Gasteiger partial charge in [-0.2, -0.15) is 0 Å². The Morgan fingerprint density at radius 2 is 1.97 bits per heavy atom. The lowest BCUT2D eigenvalue weighted by molar-refractivity contribution is -0.136. The highest BCUT2D eigenvalue weighted by molar-refractivity contribution is 5.84. The van der Waals surface area contributed by atoms with E-state index in [1.807, 2.05) is 0 Å². The Bertz CT molecular complexity index is 1120. The summed E-state index contributed by atoms with van der Waals surface area (Å²) in [6.45, 7) is 3.04. The molecule has 8 unspecified atom stereocenters. The molecule has 6 rings (SSSR count). The minimum atomic E-state index is -0.645. The van der Waals surface area contributed by atoms with Crippen molar-refractivity contribution in [3.63, 3.8) is 0 Å². The molecule has 0 radical (unpaired) electrons. The van der Waals surface area contributed by atoms with Crippen LogP contribution in [0, 0.1) is 46.7 Å². The Kier molecular flexibility index (Phi) is 5.79. The fourth-order valence-corrected chi connectivity index (χ4v) is 9.21. The molecule has 4 fully saturated rings. The van der Waals surface area contributed by atoms with Gasteiger partial charge in [-0.05, 0) is 105 Å². The van der Waals surface area contributed by atoms with E-state index in [9.17, 15) is 14.3 Å². The molecule has 4 aliphatic carbocycles. The molecule has 7 heteroatoms. The van der Waals surface area contributed by atoms with Gasteiger partial charge in [-0.3, -0.25) is 4.79 Å². The van der Waals surface area contributed by atoms with Gasteiger partial charge in [-0.15, -0.1) is 5.10 Å². The van der Waals surface area contributed by atoms with Crippen LogP contribution in [0.2, 0.25) is 0 Å². The van der Waals surface area contributed by atoms with E-state index >= 15 is 0 Å². The molecule has 1 N–H and O–H groups in total. The fourth-order valence-electron chi connectivity index (χ4n) is 9.21. The second kappa shape index (κ2) is 8.62. The highest BCUT2D eigenvalue weighted by Gasteiger charge is 2.59. The first-order chi connectivity index (χ1) is 16.8. The predicted octanol–water partition coefficient (Wildman–Crippen LogP) is 4.79. The molecule has 4 saturated carbocycles. The minimum absolute atomic E-state index is 0.0546. The van der Waals surface area contributed by atoms with Gasteiger partial charge in [0.15, 0.2) is 5.78 Å². The van der Waals surface area contributed by atoms with Gasteiger partial charge in [0.25, 0.3) is 0 Å². The van der Waals surface area contributed by atoms with Crippen molar-refractivity contribution in [3.05, 3.63) is 24.0 Å². The summed E-state index contributed by atoms with van der Waals surface area (Å²) >= 11 is 0. The van der Waals surface area contributed by atoms with Gasteiger partial charge in [0.1, 0.15) is 17.9 Å². The zero-order chi connectivity index (χ0) is 24.4. The highest BCUT2D eigenvalue weighted by atomic mass is 19.1. The summed E-state index contributed by atoms with van der Waals surface area (Å²) in [4.78, 5) is 13.6. The Morgan fingerprint density at radius 1 is 1.14 bits per heavy atom. The number of aromatic nitrogens is 3. The van der Waals surface area contributed by atoms with Crippen molar-refractivity contribution in [1.82, 2.24) is 15.0 Å². The van der Waals surface area contributed by atoms with Crippen LogP contribution in [0.15, 0.2) is 18.2 Å². The van der Waals surface area contributed by atoms with Gasteiger partial charge < -0.3 is 9.84 Å². The first kappa shape index (κ1) is 23.5. The van der Waals surface area contributed by atoms with Crippen LogP contribution >= 0.6 is 0 Å². The van der Waals surface area contributed by atoms with Gasteiger partial charge in [0, 0.05) is 19.1 Å². The zero-order valence-electron chi connectivity index (χ0n) is 21.0. The quantitative estimate of drug-likeness (QED) is 0.662. The number of hydrogen-bond acceptors (Lipinski definition) is 5. The first-order valence-corrected chi connectivity index (χ1v) is 13.5. The zero-order valence-corrected chi connectivity index (χ0v) is 21.0. The lowest BCUT2D eigenvalue weighted by Crippen LogP contribution is -2.52. The largest absolute Gasteiger partial charge is 0.387 e. The molecule has 190 valence electrons. The summed E-state index contributed by atoms with van der Waals surface area (Å²) in [5.41, 5.74) is 0.621. The summed E-state index contributed by atoms with van der Waals surface area (Å²) in [7, 11) is 1.69. The van der Waals surface area contributed by atoms with Gasteiger partial charge in [-0.25, -0.2) is 9.07 Å². The van der Waals surface area contributed by atoms with Crippen LogP contribution in [0.25, 0.3) is 11.0 Å². The Balaban J connectivity index is 1.17. The van der Waals surface area contributed by atoms with E-state index in [1.165, 1.54) is 31.4 Å². The van der Waals surface area contributed by atoms with Crippen LogP contribution in [0.1, 0.15) is 64.7 Å². The number of fused-ring (bicyclic) bond motifs is 6. The molecule has 6 nitrogen and oxygen atoms in total. The molecule has 1 aromatic heterocycles. The van der Waals surface area contributed by atoms with Gasteiger partial charge in [0.2, 0.25) is 0 Å². The molecular weight excluding hydrogens is 445 g/mol. The van der Waals surface area contributed by atoms with Crippen LogP contribution in [0.4, 0.5) is 4.39 Å². The van der Waals surface area contributed by atoms with Crippen molar-refractivity contribution >= 4 is 16.8 Å². The van der Waals surface area contributed by atoms with E-state index in [4.69, 9.17) is 4.74 Å². The number of halogens is 1. The van der Waals surface area contributed by atoms with E-state index in [0.29, 0.717) is 41.3 Å². The molecule has 0 saturated heterocycles. The standard InChI is InChI=1S/C28H38FN3O3/c1-27-11-9-20-19-10-12-28(34,16-35-2)14-17(19)3-5-21(20)22(27)6-7-23(27)26(33)15-32-25-8-4-18(29)13-24(25)30-31-32/h4,8,13,17,19-23,34H,3,5-7,9-12,14-16H2,1-2H3. The molecule has 1 aromatic carbocycles. The third-order valence-corrected chi connectivity index (χ3v) is 10.7. The number of carbonyl (C=O) groups excluding carboxylic acids is 1. The first-order valence-electron chi connectivity index (χ1n) is 13.5. The molecule has 2 aromatic rings. The molecule has 0 bridgehead atoms. The summed E-state index contributed by atoms with van der Waals surface area (Å²) < 4.78 is 20.5. The lowest BCUT2D eigenvalue weighted by Gasteiger charge is -2.57. The average molecular weight is 484 g/mol. The monoisotopic (exact) mass is 483 g/mol. The van der Waals surface area contributed by atoms with E-state index in [0.717, 1.165) is 44.4 Å². The van der Waals surface area contributed by atoms with E-state index < -0.39 is 5.60 Å². The average Bonchev–Trinajstić information content (AvgIpc) is 3.38. The maximum absolute atomic E-state index is 13.6. The number of rotatable bonds is 5. The molecule has 1 heterocycles. The number of benzene rings is 1. The van der Waals surface area contributed by atoms with Crippen molar-refractivity contribution in [2.24, 2.45) is 40.9 Å². The molecule has 0 aliphatic heterocycles. The molecule has 35 heavy (non-hydrogen) atoms. The number of aliphatic hydroxyl groups is 1. The van der Waals surface area contributed by atoms with Crippen LogP contribution in [-0.4, -0.2) is 45.2 Å². The fraction of sp³-hybridized carbons (Fsp3) is 0.750. The van der Waals surface area contributed by atoms with Crippen molar-refractivity contribution in [2.45, 2.75) is 76.9 Å². The van der Waals surface area contributed by atoms with E-state index in [1.54, 1.807) is 17.9 Å². The lowest BCUT2D eigenvalue weighted by atomic mass is 9.49. The SMILES string of the molecule is COCC1(O)CCC2C(CCC3C2CCC2(C)C(C(=O)Cn4nnc5cc(F)ccc54)CCC32)C1. The summed E-state index contributed by atoms with van der Waals surface area (Å²) in [6, 6.07) is 4.44. The van der Waals surface area contributed by atoms with Gasteiger partial charge >= 0.3 is 0 Å². The molecule has 4 aliphatic rings. The summed E-state index contributed by atoms with van der Waals surface area (Å²) in [6.07, 6.45) is 9.70. The van der Waals surface area contributed by atoms with Crippen LogP contribution in [0.5, 0.6) is 0 Å². The van der Waals surface area contributed by atoms with Crippen LogP contribution in [0.3, 0.4) is 0 Å². The maximum atomic E-state index is 13.6.